The lowest BCUT2D eigenvalue weighted by molar-refractivity contribution is 0.0633. The van der Waals surface area contributed by atoms with E-state index in [1.165, 1.54) is 4.57 Å². The number of rotatable bonds is 5. The molecule has 0 spiro atoms. The lowest BCUT2D eigenvalue weighted by Crippen LogP contribution is -2.40. The van der Waals surface area contributed by atoms with Crippen LogP contribution >= 0.6 is 0 Å². The van der Waals surface area contributed by atoms with E-state index in [1.807, 2.05) is 0 Å². The van der Waals surface area contributed by atoms with Gasteiger partial charge in [-0.25, -0.2) is 9.36 Å². The van der Waals surface area contributed by atoms with Crippen molar-refractivity contribution in [2.24, 2.45) is 29.4 Å². The predicted molar refractivity (Wildman–Crippen MR) is 107 cm³/mol. The lowest BCUT2D eigenvalue weighted by Gasteiger charge is -2.36. The third kappa shape index (κ3) is 3.55. The fraction of sp³-hybridized carbons (Fsp3) is 0.619. The van der Waals surface area contributed by atoms with Crippen molar-refractivity contribution in [3.63, 3.8) is 0 Å². The summed E-state index contributed by atoms with van der Waals surface area (Å²) in [5, 5.41) is 0. The topological polar surface area (TPSA) is 79.2 Å². The second-order valence-electron chi connectivity index (χ2n) is 8.18. The van der Waals surface area contributed by atoms with E-state index in [0.29, 0.717) is 47.6 Å². The van der Waals surface area contributed by atoms with Crippen molar-refractivity contribution in [2.75, 3.05) is 13.7 Å². The number of fused-ring (bicyclic) bond motifs is 1. The number of hydrogen-bond acceptors (Lipinski definition) is 4. The van der Waals surface area contributed by atoms with Crippen LogP contribution in [0.1, 0.15) is 44.8 Å². The molecule has 2 aromatic rings. The third-order valence-corrected chi connectivity index (χ3v) is 6.05. The zero-order valence-corrected chi connectivity index (χ0v) is 16.8. The SMILES string of the molecule is COc1ccc2c(c1)n(CCN)c(=O)n2C(=O)[C@@H]1C[C@@H](C)CC[C@@H]1C(C)C. The van der Waals surface area contributed by atoms with E-state index >= 15 is 0 Å². The highest BCUT2D eigenvalue weighted by Gasteiger charge is 2.37. The quantitative estimate of drug-likeness (QED) is 0.873. The molecule has 3 atom stereocenters. The Labute approximate surface area is 160 Å². The van der Waals surface area contributed by atoms with Gasteiger partial charge in [-0.05, 0) is 42.7 Å². The molecule has 0 unspecified atom stereocenters. The molecule has 0 bridgehead atoms. The summed E-state index contributed by atoms with van der Waals surface area (Å²) < 4.78 is 8.27. The second-order valence-corrected chi connectivity index (χ2v) is 8.18. The summed E-state index contributed by atoms with van der Waals surface area (Å²) >= 11 is 0. The number of hydrogen-bond donors (Lipinski definition) is 1. The number of carbonyl (C=O) groups is 1. The smallest absolute Gasteiger partial charge is 0.336 e. The molecule has 0 saturated heterocycles. The van der Waals surface area contributed by atoms with E-state index < -0.39 is 0 Å². The van der Waals surface area contributed by atoms with Crippen molar-refractivity contribution in [3.05, 3.63) is 28.7 Å². The fourth-order valence-electron chi connectivity index (χ4n) is 4.57. The first-order valence-corrected chi connectivity index (χ1v) is 9.92. The van der Waals surface area contributed by atoms with Crippen LogP contribution in [0.5, 0.6) is 5.75 Å². The first-order valence-electron chi connectivity index (χ1n) is 9.92. The highest BCUT2D eigenvalue weighted by Crippen LogP contribution is 2.39. The summed E-state index contributed by atoms with van der Waals surface area (Å²) in [5.74, 6) is 1.69. The molecule has 0 aliphatic heterocycles. The Morgan fingerprint density at radius 2 is 2.04 bits per heavy atom. The first kappa shape index (κ1) is 19.7. The Morgan fingerprint density at radius 3 is 2.67 bits per heavy atom. The van der Waals surface area contributed by atoms with Gasteiger partial charge in [-0.2, -0.15) is 0 Å². The Hall–Kier alpha value is -2.08. The molecule has 1 aliphatic rings. The minimum Gasteiger partial charge on any atom is -0.497 e. The molecule has 2 N–H and O–H groups in total. The van der Waals surface area contributed by atoms with E-state index in [2.05, 4.69) is 20.8 Å². The van der Waals surface area contributed by atoms with Gasteiger partial charge in [0.1, 0.15) is 5.75 Å². The summed E-state index contributed by atoms with van der Waals surface area (Å²) in [6.07, 6.45) is 3.03. The number of ether oxygens (including phenoxy) is 1. The third-order valence-electron chi connectivity index (χ3n) is 6.05. The molecule has 1 heterocycles. The van der Waals surface area contributed by atoms with Crippen molar-refractivity contribution in [1.82, 2.24) is 9.13 Å². The summed E-state index contributed by atoms with van der Waals surface area (Å²) in [4.78, 5) is 26.7. The van der Waals surface area contributed by atoms with Crippen LogP contribution in [0.3, 0.4) is 0 Å². The van der Waals surface area contributed by atoms with Gasteiger partial charge >= 0.3 is 5.69 Å². The highest BCUT2D eigenvalue weighted by atomic mass is 16.5. The largest absolute Gasteiger partial charge is 0.497 e. The molecule has 1 saturated carbocycles. The number of nitrogens with zero attached hydrogens (tertiary/aromatic N) is 2. The number of benzene rings is 1. The first-order chi connectivity index (χ1) is 12.9. The van der Waals surface area contributed by atoms with Crippen LogP contribution in [0.15, 0.2) is 23.0 Å². The number of nitrogens with two attached hydrogens (primary N) is 1. The van der Waals surface area contributed by atoms with Crippen molar-refractivity contribution in [3.8, 4) is 5.75 Å². The van der Waals surface area contributed by atoms with Crippen LogP contribution < -0.4 is 16.2 Å². The van der Waals surface area contributed by atoms with Gasteiger partial charge in [-0.15, -0.1) is 0 Å². The predicted octanol–water partition coefficient (Wildman–Crippen LogP) is 3.12. The van der Waals surface area contributed by atoms with Crippen molar-refractivity contribution >= 4 is 16.9 Å². The van der Waals surface area contributed by atoms with E-state index in [1.54, 1.807) is 29.9 Å². The van der Waals surface area contributed by atoms with Gasteiger partial charge in [0, 0.05) is 25.1 Å². The molecule has 148 valence electrons. The average molecular weight is 373 g/mol. The molecule has 1 aromatic carbocycles. The molecule has 1 aliphatic carbocycles. The van der Waals surface area contributed by atoms with Gasteiger partial charge in [-0.3, -0.25) is 9.36 Å². The fourth-order valence-corrected chi connectivity index (χ4v) is 4.57. The zero-order valence-electron chi connectivity index (χ0n) is 16.8. The molecule has 6 heteroatoms. The maximum atomic E-state index is 13.6. The van der Waals surface area contributed by atoms with Gasteiger partial charge in [0.05, 0.1) is 18.1 Å². The van der Waals surface area contributed by atoms with Crippen LogP contribution in [0.2, 0.25) is 0 Å². The average Bonchev–Trinajstić information content (AvgIpc) is 2.92. The van der Waals surface area contributed by atoms with Crippen molar-refractivity contribution in [1.29, 1.82) is 0 Å². The zero-order chi connectivity index (χ0) is 19.7. The van der Waals surface area contributed by atoms with Crippen molar-refractivity contribution < 1.29 is 9.53 Å². The molecule has 0 amide bonds. The maximum Gasteiger partial charge on any atom is 0.336 e. The number of carbonyl (C=O) groups excluding carboxylic acids is 1. The van der Waals surface area contributed by atoms with Crippen LogP contribution in [0.4, 0.5) is 0 Å². The van der Waals surface area contributed by atoms with Crippen LogP contribution in [-0.2, 0) is 6.54 Å². The summed E-state index contributed by atoms with van der Waals surface area (Å²) in [6, 6.07) is 5.40. The van der Waals surface area contributed by atoms with E-state index in [9.17, 15) is 9.59 Å². The Balaban J connectivity index is 2.13. The van der Waals surface area contributed by atoms with E-state index in [-0.39, 0.29) is 17.5 Å². The van der Waals surface area contributed by atoms with Crippen molar-refractivity contribution in [2.45, 2.75) is 46.6 Å². The monoisotopic (exact) mass is 373 g/mol. The summed E-state index contributed by atoms with van der Waals surface area (Å²) in [5.41, 5.74) is 6.75. The molecular weight excluding hydrogens is 342 g/mol. The molecule has 1 aromatic heterocycles. The van der Waals surface area contributed by atoms with Gasteiger partial charge in [0.25, 0.3) is 0 Å². The normalized spacial score (nSPS) is 23.1. The Morgan fingerprint density at radius 1 is 1.30 bits per heavy atom. The van der Waals surface area contributed by atoms with Crippen LogP contribution in [0, 0.1) is 23.7 Å². The van der Waals surface area contributed by atoms with Crippen LogP contribution in [0.25, 0.3) is 11.0 Å². The molecule has 1 fully saturated rings. The molecule has 6 nitrogen and oxygen atoms in total. The number of aromatic nitrogens is 2. The summed E-state index contributed by atoms with van der Waals surface area (Å²) in [7, 11) is 1.59. The van der Waals surface area contributed by atoms with Gasteiger partial charge in [0.15, 0.2) is 0 Å². The summed E-state index contributed by atoms with van der Waals surface area (Å²) in [6.45, 7) is 7.25. The van der Waals surface area contributed by atoms with Crippen LogP contribution in [-0.4, -0.2) is 28.7 Å². The number of methoxy groups -OCH3 is 1. The lowest BCUT2D eigenvalue weighted by atomic mass is 9.69. The molecule has 27 heavy (non-hydrogen) atoms. The Kier molecular flexibility index (Phi) is 5.75. The number of imidazole rings is 1. The standard InChI is InChI=1S/C21H31N3O3/c1-13(2)16-7-5-14(3)11-17(16)20(25)24-18-8-6-15(27-4)12-19(18)23(10-9-22)21(24)26/h6,8,12-14,16-17H,5,7,9-11,22H2,1-4H3/t14-,16+,17+/m0/s1. The second kappa shape index (κ2) is 7.89. The van der Waals surface area contributed by atoms with Gasteiger partial charge in [0.2, 0.25) is 5.91 Å². The minimum absolute atomic E-state index is 0.0730. The van der Waals surface area contributed by atoms with Gasteiger partial charge < -0.3 is 10.5 Å². The maximum absolute atomic E-state index is 13.6. The van der Waals surface area contributed by atoms with Gasteiger partial charge in [-0.1, -0.05) is 27.2 Å². The molecular formula is C21H31N3O3. The minimum atomic E-state index is -0.297. The highest BCUT2D eigenvalue weighted by molar-refractivity contribution is 5.92. The van der Waals surface area contributed by atoms with E-state index in [0.717, 1.165) is 19.3 Å². The molecule has 3 rings (SSSR count). The van der Waals surface area contributed by atoms with E-state index in [4.69, 9.17) is 10.5 Å². The molecule has 0 radical (unpaired) electrons. The Bertz CT molecular complexity index is 881.